The molecule has 0 bridgehead atoms. The summed E-state index contributed by atoms with van der Waals surface area (Å²) in [7, 11) is 0. The summed E-state index contributed by atoms with van der Waals surface area (Å²) < 4.78 is 5.67. The Labute approximate surface area is 120 Å². The summed E-state index contributed by atoms with van der Waals surface area (Å²) in [5, 5.41) is 9.97. The zero-order chi connectivity index (χ0) is 14.0. The van der Waals surface area contributed by atoms with E-state index in [4.69, 9.17) is 39.1 Å². The van der Waals surface area contributed by atoms with Crippen LogP contribution in [0.15, 0.2) is 30.3 Å². The number of nitrogen functional groups attached to an aromatic ring is 1. The Morgan fingerprint density at radius 3 is 2.42 bits per heavy atom. The van der Waals surface area contributed by atoms with E-state index >= 15 is 0 Å². The SMILES string of the molecule is Cc1cc(Cl)c(N)c([N+]#N)c1Oc1ccc(Cl)cc1. The lowest BCUT2D eigenvalue weighted by molar-refractivity contribution is 0.482. The fraction of sp³-hybridized carbons (Fsp3) is 0.0769. The van der Waals surface area contributed by atoms with Gasteiger partial charge in [-0.25, -0.2) is 0 Å². The minimum Gasteiger partial charge on any atom is -0.448 e. The average Bonchev–Trinajstić information content (AvgIpc) is 2.39. The molecule has 96 valence electrons. The summed E-state index contributed by atoms with van der Waals surface area (Å²) in [5.74, 6) is 0.908. The highest BCUT2D eigenvalue weighted by molar-refractivity contribution is 6.34. The molecule has 6 heteroatoms. The molecule has 0 spiro atoms. The van der Waals surface area contributed by atoms with Gasteiger partial charge in [-0.2, -0.15) is 0 Å². The van der Waals surface area contributed by atoms with Crippen molar-refractivity contribution in [1.29, 1.82) is 5.39 Å². The maximum atomic E-state index is 9.06. The van der Waals surface area contributed by atoms with Gasteiger partial charge < -0.3 is 10.5 Å². The van der Waals surface area contributed by atoms with Crippen LogP contribution in [0.25, 0.3) is 4.98 Å². The minimum atomic E-state index is 0.111. The van der Waals surface area contributed by atoms with Crippen molar-refractivity contribution in [3.63, 3.8) is 0 Å². The molecule has 2 rings (SSSR count). The van der Waals surface area contributed by atoms with Crippen molar-refractivity contribution in [2.45, 2.75) is 6.92 Å². The zero-order valence-electron chi connectivity index (χ0n) is 10.0. The van der Waals surface area contributed by atoms with Crippen LogP contribution in [-0.2, 0) is 0 Å². The molecule has 4 nitrogen and oxygen atoms in total. The van der Waals surface area contributed by atoms with Crippen molar-refractivity contribution < 1.29 is 4.74 Å². The molecular weight excluding hydrogens is 285 g/mol. The summed E-state index contributed by atoms with van der Waals surface area (Å²) >= 11 is 11.7. The van der Waals surface area contributed by atoms with Gasteiger partial charge in [-0.1, -0.05) is 23.2 Å². The molecule has 0 heterocycles. The molecule has 19 heavy (non-hydrogen) atoms. The molecular formula is C13H10Cl2N3O+. The maximum Gasteiger partial charge on any atom is 0.451 e. The van der Waals surface area contributed by atoms with Gasteiger partial charge in [0.2, 0.25) is 11.1 Å². The molecule has 0 aliphatic carbocycles. The number of nitrogens with zero attached hydrogens (tertiary/aromatic N) is 2. The molecule has 0 aromatic heterocycles. The van der Waals surface area contributed by atoms with Gasteiger partial charge in [-0.15, -0.1) is 0 Å². The predicted octanol–water partition coefficient (Wildman–Crippen LogP) is 5.16. The van der Waals surface area contributed by atoms with E-state index in [1.54, 1.807) is 37.3 Å². The van der Waals surface area contributed by atoms with Gasteiger partial charge in [0.25, 0.3) is 0 Å². The van der Waals surface area contributed by atoms with Crippen LogP contribution in [0.4, 0.5) is 11.4 Å². The van der Waals surface area contributed by atoms with Gasteiger partial charge in [0.15, 0.2) is 10.7 Å². The first-order valence-corrected chi connectivity index (χ1v) is 6.15. The van der Waals surface area contributed by atoms with Gasteiger partial charge >= 0.3 is 5.69 Å². The largest absolute Gasteiger partial charge is 0.451 e. The van der Waals surface area contributed by atoms with Gasteiger partial charge in [-0.3, -0.25) is 0 Å². The first-order chi connectivity index (χ1) is 9.02. The summed E-state index contributed by atoms with van der Waals surface area (Å²) in [6.45, 7) is 1.78. The third kappa shape index (κ3) is 2.73. The molecule has 0 saturated heterocycles. The number of ether oxygens (including phenoxy) is 1. The summed E-state index contributed by atoms with van der Waals surface area (Å²) in [6, 6.07) is 8.45. The van der Waals surface area contributed by atoms with E-state index in [-0.39, 0.29) is 11.4 Å². The standard InChI is InChI=1S/C13H10Cl2N3O/c1-7-6-10(15)11(16)12(18-17)13(7)19-9-4-2-8(14)3-5-9/h2-6H,16H2,1H3/q+1. The normalized spacial score (nSPS) is 10.0. The first-order valence-electron chi connectivity index (χ1n) is 5.40. The molecule has 0 atom stereocenters. The maximum absolute atomic E-state index is 9.06. The van der Waals surface area contributed by atoms with Gasteiger partial charge in [0, 0.05) is 10.6 Å². The summed E-state index contributed by atoms with van der Waals surface area (Å²) in [4.78, 5) is 3.14. The Kier molecular flexibility index (Phi) is 3.79. The van der Waals surface area contributed by atoms with Gasteiger partial charge in [-0.05, 0) is 37.3 Å². The molecule has 0 radical (unpaired) electrons. The Balaban J connectivity index is 2.48. The van der Waals surface area contributed by atoms with Crippen molar-refractivity contribution in [2.24, 2.45) is 0 Å². The van der Waals surface area contributed by atoms with E-state index in [2.05, 4.69) is 4.98 Å². The number of halogens is 2. The summed E-state index contributed by atoms with van der Waals surface area (Å²) in [5.41, 5.74) is 6.74. The number of diazo groups is 1. The van der Waals surface area contributed by atoms with Gasteiger partial charge in [0.05, 0.1) is 5.02 Å². The number of benzene rings is 2. The monoisotopic (exact) mass is 294 g/mol. The third-order valence-electron chi connectivity index (χ3n) is 2.56. The highest BCUT2D eigenvalue weighted by Crippen LogP contribution is 2.43. The Bertz CT molecular complexity index is 663. The van der Waals surface area contributed by atoms with Crippen LogP contribution < -0.4 is 10.5 Å². The van der Waals surface area contributed by atoms with Crippen LogP contribution in [0.3, 0.4) is 0 Å². The van der Waals surface area contributed by atoms with Crippen LogP contribution in [0.2, 0.25) is 10.0 Å². The van der Waals surface area contributed by atoms with Crippen LogP contribution in [0.5, 0.6) is 11.5 Å². The predicted molar refractivity (Wildman–Crippen MR) is 76.9 cm³/mol. The first kappa shape index (κ1) is 13.5. The number of hydrogen-bond donors (Lipinski definition) is 1. The van der Waals surface area contributed by atoms with Gasteiger partial charge in [0.1, 0.15) is 5.75 Å². The molecule has 2 aromatic rings. The second-order valence-electron chi connectivity index (χ2n) is 3.92. The van der Waals surface area contributed by atoms with E-state index in [0.717, 1.165) is 0 Å². The zero-order valence-corrected chi connectivity index (χ0v) is 11.5. The minimum absolute atomic E-state index is 0.111. The third-order valence-corrected chi connectivity index (χ3v) is 3.13. The molecule has 0 aliphatic heterocycles. The molecule has 0 amide bonds. The highest BCUT2D eigenvalue weighted by atomic mass is 35.5. The lowest BCUT2D eigenvalue weighted by atomic mass is 10.1. The number of rotatable bonds is 2. The fourth-order valence-corrected chi connectivity index (χ4v) is 1.98. The Hall–Kier alpha value is -1.96. The molecule has 0 fully saturated rings. The smallest absolute Gasteiger partial charge is 0.448 e. The second kappa shape index (κ2) is 5.35. The van der Waals surface area contributed by atoms with E-state index in [9.17, 15) is 0 Å². The van der Waals surface area contributed by atoms with E-state index in [0.29, 0.717) is 27.1 Å². The molecule has 2 N–H and O–H groups in total. The van der Waals surface area contributed by atoms with Crippen LogP contribution in [0, 0.1) is 12.3 Å². The molecule has 2 aromatic carbocycles. The molecule has 0 unspecified atom stereocenters. The topological polar surface area (TPSA) is 63.4 Å². The number of hydrogen-bond acceptors (Lipinski definition) is 3. The number of aryl methyl sites for hydroxylation is 1. The van der Waals surface area contributed by atoms with Crippen LogP contribution >= 0.6 is 23.2 Å². The van der Waals surface area contributed by atoms with E-state index in [1.165, 1.54) is 0 Å². The number of nitrogens with two attached hydrogens (primary N) is 1. The summed E-state index contributed by atoms with van der Waals surface area (Å²) in [6.07, 6.45) is 0. The Morgan fingerprint density at radius 1 is 1.21 bits per heavy atom. The lowest BCUT2D eigenvalue weighted by Crippen LogP contribution is -1.93. The Morgan fingerprint density at radius 2 is 1.84 bits per heavy atom. The van der Waals surface area contributed by atoms with Crippen molar-refractivity contribution in [2.75, 3.05) is 5.73 Å². The lowest BCUT2D eigenvalue weighted by Gasteiger charge is -2.08. The number of anilines is 1. The molecule has 0 saturated carbocycles. The molecule has 0 aliphatic rings. The van der Waals surface area contributed by atoms with Crippen LogP contribution in [0.1, 0.15) is 5.56 Å². The van der Waals surface area contributed by atoms with Crippen molar-refractivity contribution in [1.82, 2.24) is 0 Å². The van der Waals surface area contributed by atoms with Crippen molar-refractivity contribution in [3.05, 3.63) is 50.9 Å². The average molecular weight is 295 g/mol. The fourth-order valence-electron chi connectivity index (χ4n) is 1.60. The van der Waals surface area contributed by atoms with E-state index in [1.807, 2.05) is 0 Å². The van der Waals surface area contributed by atoms with Crippen LogP contribution in [-0.4, -0.2) is 0 Å². The highest BCUT2D eigenvalue weighted by Gasteiger charge is 2.26. The van der Waals surface area contributed by atoms with Crippen molar-refractivity contribution in [3.8, 4) is 11.5 Å². The van der Waals surface area contributed by atoms with E-state index < -0.39 is 0 Å². The second-order valence-corrected chi connectivity index (χ2v) is 4.77. The van der Waals surface area contributed by atoms with Crippen molar-refractivity contribution >= 4 is 34.6 Å². The quantitative estimate of drug-likeness (QED) is 0.614.